The van der Waals surface area contributed by atoms with Gasteiger partial charge in [0.15, 0.2) is 0 Å². The SMILES string of the molecule is COc1ccc(C)cc1NC(=O)C1CCc2[nH]c3ccc(F)cc3c2C1. The van der Waals surface area contributed by atoms with E-state index in [9.17, 15) is 9.18 Å². The molecule has 3 aromatic rings. The molecule has 1 amide bonds. The molecule has 26 heavy (non-hydrogen) atoms. The second-order valence-electron chi connectivity index (χ2n) is 6.90. The van der Waals surface area contributed by atoms with Gasteiger partial charge in [0, 0.05) is 22.5 Å². The summed E-state index contributed by atoms with van der Waals surface area (Å²) < 4.78 is 19.0. The molecule has 1 aliphatic carbocycles. The van der Waals surface area contributed by atoms with Crippen LogP contribution < -0.4 is 10.1 Å². The molecule has 0 aliphatic heterocycles. The predicted molar refractivity (Wildman–Crippen MR) is 100 cm³/mol. The minimum absolute atomic E-state index is 0.0229. The van der Waals surface area contributed by atoms with Crippen LogP contribution in [0.5, 0.6) is 5.75 Å². The van der Waals surface area contributed by atoms with Crippen LogP contribution in [0.15, 0.2) is 36.4 Å². The van der Waals surface area contributed by atoms with Crippen molar-refractivity contribution in [3.8, 4) is 5.75 Å². The lowest BCUT2D eigenvalue weighted by molar-refractivity contribution is -0.120. The van der Waals surface area contributed by atoms with E-state index in [1.165, 1.54) is 6.07 Å². The number of ether oxygens (including phenoxy) is 1. The van der Waals surface area contributed by atoms with E-state index >= 15 is 0 Å². The zero-order chi connectivity index (χ0) is 18.3. The molecular formula is C21H21FN2O2. The van der Waals surface area contributed by atoms with Gasteiger partial charge in [-0.1, -0.05) is 6.07 Å². The number of benzene rings is 2. The van der Waals surface area contributed by atoms with Crippen LogP contribution in [0.4, 0.5) is 10.1 Å². The summed E-state index contributed by atoms with van der Waals surface area (Å²) >= 11 is 0. The summed E-state index contributed by atoms with van der Waals surface area (Å²) in [5, 5.41) is 3.89. The Morgan fingerprint density at radius 2 is 2.12 bits per heavy atom. The van der Waals surface area contributed by atoms with E-state index in [2.05, 4.69) is 10.3 Å². The van der Waals surface area contributed by atoms with Crippen LogP contribution in [0.25, 0.3) is 10.9 Å². The molecule has 4 nitrogen and oxygen atoms in total. The third-order valence-corrected chi connectivity index (χ3v) is 5.13. The molecule has 0 saturated heterocycles. The number of aromatic nitrogens is 1. The Kier molecular flexibility index (Phi) is 4.15. The van der Waals surface area contributed by atoms with Crippen molar-refractivity contribution in [2.75, 3.05) is 12.4 Å². The zero-order valence-electron chi connectivity index (χ0n) is 14.9. The lowest BCUT2D eigenvalue weighted by Gasteiger charge is -2.22. The Labute approximate surface area is 151 Å². The first-order valence-electron chi connectivity index (χ1n) is 8.79. The van der Waals surface area contributed by atoms with E-state index < -0.39 is 0 Å². The van der Waals surface area contributed by atoms with Crippen LogP contribution in [0.3, 0.4) is 0 Å². The number of hydrogen-bond acceptors (Lipinski definition) is 2. The number of aromatic amines is 1. The second kappa shape index (κ2) is 6.48. The number of aryl methyl sites for hydroxylation is 2. The summed E-state index contributed by atoms with van der Waals surface area (Å²) in [7, 11) is 1.59. The molecule has 5 heteroatoms. The van der Waals surface area contributed by atoms with E-state index in [1.807, 2.05) is 25.1 Å². The minimum Gasteiger partial charge on any atom is -0.495 e. The van der Waals surface area contributed by atoms with Crippen molar-refractivity contribution in [1.82, 2.24) is 4.98 Å². The Bertz CT molecular complexity index is 993. The number of amides is 1. The van der Waals surface area contributed by atoms with E-state index in [0.29, 0.717) is 17.9 Å². The Morgan fingerprint density at radius 1 is 1.27 bits per heavy atom. The normalized spacial score (nSPS) is 16.3. The molecule has 0 radical (unpaired) electrons. The fourth-order valence-corrected chi connectivity index (χ4v) is 3.77. The van der Waals surface area contributed by atoms with Gasteiger partial charge in [-0.15, -0.1) is 0 Å². The number of carbonyl (C=O) groups excluding carboxylic acids is 1. The van der Waals surface area contributed by atoms with Crippen LogP contribution in [0.2, 0.25) is 0 Å². The van der Waals surface area contributed by atoms with Crippen molar-refractivity contribution in [3.05, 3.63) is 59.0 Å². The molecule has 1 aromatic heterocycles. The molecule has 1 atom stereocenters. The number of hydrogen-bond donors (Lipinski definition) is 2. The first-order chi connectivity index (χ1) is 12.5. The molecule has 1 heterocycles. The Morgan fingerprint density at radius 3 is 2.92 bits per heavy atom. The minimum atomic E-state index is -0.254. The van der Waals surface area contributed by atoms with Crippen LogP contribution in [0.1, 0.15) is 23.2 Å². The first-order valence-corrected chi connectivity index (χ1v) is 8.79. The molecule has 4 rings (SSSR count). The fourth-order valence-electron chi connectivity index (χ4n) is 3.77. The van der Waals surface area contributed by atoms with Gasteiger partial charge >= 0.3 is 0 Å². The molecular weight excluding hydrogens is 331 g/mol. The molecule has 0 saturated carbocycles. The van der Waals surface area contributed by atoms with E-state index in [1.54, 1.807) is 19.2 Å². The molecule has 134 valence electrons. The topological polar surface area (TPSA) is 54.1 Å². The van der Waals surface area contributed by atoms with Crippen LogP contribution >= 0.6 is 0 Å². The number of fused-ring (bicyclic) bond motifs is 3. The maximum atomic E-state index is 13.6. The molecule has 0 fully saturated rings. The average Bonchev–Trinajstić information content (AvgIpc) is 2.99. The quantitative estimate of drug-likeness (QED) is 0.735. The lowest BCUT2D eigenvalue weighted by atomic mass is 9.85. The molecule has 2 N–H and O–H groups in total. The summed E-state index contributed by atoms with van der Waals surface area (Å²) in [6.45, 7) is 1.97. The summed E-state index contributed by atoms with van der Waals surface area (Å²) in [5.41, 5.74) is 4.84. The molecule has 2 aromatic carbocycles. The Hall–Kier alpha value is -2.82. The largest absolute Gasteiger partial charge is 0.495 e. The highest BCUT2D eigenvalue weighted by Gasteiger charge is 2.28. The number of rotatable bonds is 3. The van der Waals surface area contributed by atoms with Crippen molar-refractivity contribution in [2.45, 2.75) is 26.2 Å². The van der Waals surface area contributed by atoms with Crippen molar-refractivity contribution in [3.63, 3.8) is 0 Å². The number of carbonyl (C=O) groups is 1. The highest BCUT2D eigenvalue weighted by atomic mass is 19.1. The van der Waals surface area contributed by atoms with Gasteiger partial charge in [-0.3, -0.25) is 4.79 Å². The number of H-pyrrole nitrogens is 1. The highest BCUT2D eigenvalue weighted by molar-refractivity contribution is 5.95. The number of nitrogens with one attached hydrogen (secondary N) is 2. The van der Waals surface area contributed by atoms with Crippen LogP contribution in [-0.4, -0.2) is 18.0 Å². The van der Waals surface area contributed by atoms with E-state index in [-0.39, 0.29) is 17.6 Å². The van der Waals surface area contributed by atoms with Gasteiger partial charge in [0.05, 0.1) is 12.8 Å². The van der Waals surface area contributed by atoms with Gasteiger partial charge in [0.1, 0.15) is 11.6 Å². The van der Waals surface area contributed by atoms with Crippen molar-refractivity contribution >= 4 is 22.5 Å². The average molecular weight is 352 g/mol. The number of anilines is 1. The first kappa shape index (κ1) is 16.6. The summed E-state index contributed by atoms with van der Waals surface area (Å²) in [4.78, 5) is 16.2. The summed E-state index contributed by atoms with van der Waals surface area (Å²) in [5.74, 6) is 0.227. The van der Waals surface area contributed by atoms with Gasteiger partial charge in [0.25, 0.3) is 0 Å². The standard InChI is InChI=1S/C21H21FN2O2/c1-12-3-8-20(26-2)19(9-12)24-21(25)13-4-6-17-15(10-13)16-11-14(22)5-7-18(16)23-17/h3,5,7-9,11,13,23H,4,6,10H2,1-2H3,(H,24,25). The second-order valence-corrected chi connectivity index (χ2v) is 6.90. The third-order valence-electron chi connectivity index (χ3n) is 5.13. The van der Waals surface area contributed by atoms with Crippen molar-refractivity contribution in [1.29, 1.82) is 0 Å². The molecule has 1 aliphatic rings. The van der Waals surface area contributed by atoms with Gasteiger partial charge in [-0.05, 0) is 67.6 Å². The van der Waals surface area contributed by atoms with Crippen LogP contribution in [-0.2, 0) is 17.6 Å². The maximum Gasteiger partial charge on any atom is 0.227 e. The van der Waals surface area contributed by atoms with Gasteiger partial charge < -0.3 is 15.0 Å². The van der Waals surface area contributed by atoms with E-state index in [0.717, 1.165) is 40.6 Å². The zero-order valence-corrected chi connectivity index (χ0v) is 14.9. The van der Waals surface area contributed by atoms with Gasteiger partial charge in [0.2, 0.25) is 5.91 Å². The molecule has 0 spiro atoms. The van der Waals surface area contributed by atoms with E-state index in [4.69, 9.17) is 4.74 Å². The number of halogens is 1. The summed E-state index contributed by atoms with van der Waals surface area (Å²) in [6, 6.07) is 10.5. The smallest absolute Gasteiger partial charge is 0.227 e. The molecule has 1 unspecified atom stereocenters. The highest BCUT2D eigenvalue weighted by Crippen LogP contribution is 2.33. The third kappa shape index (κ3) is 2.94. The monoisotopic (exact) mass is 352 g/mol. The maximum absolute atomic E-state index is 13.6. The Balaban J connectivity index is 1.59. The van der Waals surface area contributed by atoms with Crippen molar-refractivity contribution < 1.29 is 13.9 Å². The fraction of sp³-hybridized carbons (Fsp3) is 0.286. The van der Waals surface area contributed by atoms with Crippen molar-refractivity contribution in [2.24, 2.45) is 5.92 Å². The predicted octanol–water partition coefficient (Wildman–Crippen LogP) is 4.37. The van der Waals surface area contributed by atoms with Crippen LogP contribution in [0, 0.1) is 18.7 Å². The van der Waals surface area contributed by atoms with Gasteiger partial charge in [-0.25, -0.2) is 4.39 Å². The number of methoxy groups -OCH3 is 1. The lowest BCUT2D eigenvalue weighted by Crippen LogP contribution is -2.28. The molecule has 0 bridgehead atoms. The van der Waals surface area contributed by atoms with Gasteiger partial charge in [-0.2, -0.15) is 0 Å². The summed E-state index contributed by atoms with van der Waals surface area (Å²) in [6.07, 6.45) is 2.16.